The van der Waals surface area contributed by atoms with Gasteiger partial charge in [-0.2, -0.15) is 0 Å². The Balaban J connectivity index is 2.24. The number of aromatic nitrogens is 2. The largest absolute Gasteiger partial charge is 0.466 e. The first-order valence-electron chi connectivity index (χ1n) is 22.1. The van der Waals surface area contributed by atoms with Crippen LogP contribution in [0.2, 0.25) is 0 Å². The molecule has 302 valence electrons. The molecule has 0 saturated heterocycles. The van der Waals surface area contributed by atoms with E-state index in [0.29, 0.717) is 19.6 Å². The van der Waals surface area contributed by atoms with E-state index in [9.17, 15) is 14.4 Å². The van der Waals surface area contributed by atoms with Crippen LogP contribution in [0.5, 0.6) is 0 Å². The first kappa shape index (κ1) is 47.8. The van der Waals surface area contributed by atoms with Gasteiger partial charge in [-0.05, 0) is 19.3 Å². The van der Waals surface area contributed by atoms with Gasteiger partial charge in [-0.15, -0.1) is 0 Å². The third-order valence-corrected chi connectivity index (χ3v) is 10.4. The third-order valence-electron chi connectivity index (χ3n) is 10.4. The molecule has 1 rings (SSSR count). The standard InChI is InChI=1S/C44H81N3O5/c1-3-5-7-9-11-13-15-17-19-21-23-25-27-29-33-51-43(49)32-31-39(35-42(48)41(45)36-40-37-46-38-47-40)44(50)52-34-30-28-26-24-22-20-18-16-14-12-10-8-6-4-2/h37-39,41H,3-36,45H2,1-2H3,(H,46,47). The highest BCUT2D eigenvalue weighted by Crippen LogP contribution is 2.19. The van der Waals surface area contributed by atoms with Crippen molar-refractivity contribution < 1.29 is 23.9 Å². The minimum Gasteiger partial charge on any atom is -0.466 e. The lowest BCUT2D eigenvalue weighted by atomic mass is 9.93. The second-order valence-electron chi connectivity index (χ2n) is 15.4. The van der Waals surface area contributed by atoms with Gasteiger partial charge >= 0.3 is 11.9 Å². The highest BCUT2D eigenvalue weighted by Gasteiger charge is 2.27. The Morgan fingerprint density at radius 3 is 1.42 bits per heavy atom. The number of esters is 2. The number of carbonyl (C=O) groups is 3. The van der Waals surface area contributed by atoms with Crippen molar-refractivity contribution in [2.45, 2.75) is 225 Å². The number of H-pyrrole nitrogens is 1. The second-order valence-corrected chi connectivity index (χ2v) is 15.4. The molecule has 0 bridgehead atoms. The Kier molecular flexibility index (Phi) is 32.9. The van der Waals surface area contributed by atoms with Crippen LogP contribution in [0.1, 0.15) is 219 Å². The van der Waals surface area contributed by atoms with Gasteiger partial charge in [-0.25, -0.2) is 4.98 Å². The minimum atomic E-state index is -0.756. The molecule has 1 heterocycles. The van der Waals surface area contributed by atoms with E-state index >= 15 is 0 Å². The van der Waals surface area contributed by atoms with Crippen LogP contribution in [0.15, 0.2) is 12.5 Å². The molecule has 52 heavy (non-hydrogen) atoms. The summed E-state index contributed by atoms with van der Waals surface area (Å²) in [5, 5.41) is 0. The summed E-state index contributed by atoms with van der Waals surface area (Å²) in [7, 11) is 0. The lowest BCUT2D eigenvalue weighted by molar-refractivity contribution is -0.151. The number of nitrogens with one attached hydrogen (secondary N) is 1. The number of nitrogens with zero attached hydrogens (tertiary/aromatic N) is 1. The van der Waals surface area contributed by atoms with Crippen LogP contribution >= 0.6 is 0 Å². The molecule has 0 saturated carbocycles. The number of aromatic amines is 1. The van der Waals surface area contributed by atoms with Gasteiger partial charge in [-0.3, -0.25) is 14.4 Å². The predicted octanol–water partition coefficient (Wildman–Crippen LogP) is 11.7. The van der Waals surface area contributed by atoms with Crippen LogP contribution in [0, 0.1) is 5.92 Å². The molecule has 0 radical (unpaired) electrons. The van der Waals surface area contributed by atoms with E-state index in [4.69, 9.17) is 15.2 Å². The topological polar surface area (TPSA) is 124 Å². The number of hydrogen-bond acceptors (Lipinski definition) is 7. The van der Waals surface area contributed by atoms with Crippen LogP contribution in [-0.2, 0) is 30.3 Å². The summed E-state index contributed by atoms with van der Waals surface area (Å²) in [5.41, 5.74) is 6.95. The van der Waals surface area contributed by atoms with Crippen molar-refractivity contribution in [1.29, 1.82) is 0 Å². The molecule has 0 aliphatic rings. The maximum atomic E-state index is 13.1. The van der Waals surface area contributed by atoms with Crippen molar-refractivity contribution in [2.75, 3.05) is 13.2 Å². The molecule has 0 aliphatic heterocycles. The number of carbonyl (C=O) groups excluding carboxylic acids is 3. The minimum absolute atomic E-state index is 0.0425. The lowest BCUT2D eigenvalue weighted by Crippen LogP contribution is -2.35. The summed E-state index contributed by atoms with van der Waals surface area (Å²) in [4.78, 5) is 45.6. The molecule has 1 aromatic rings. The molecule has 1 aromatic heterocycles. The molecule has 0 spiro atoms. The van der Waals surface area contributed by atoms with Crippen molar-refractivity contribution in [3.63, 3.8) is 0 Å². The van der Waals surface area contributed by atoms with Crippen molar-refractivity contribution in [2.24, 2.45) is 11.7 Å². The van der Waals surface area contributed by atoms with E-state index in [0.717, 1.165) is 37.8 Å². The van der Waals surface area contributed by atoms with Gasteiger partial charge in [0.05, 0.1) is 31.5 Å². The molecule has 0 amide bonds. The van der Waals surface area contributed by atoms with Crippen LogP contribution in [0.4, 0.5) is 0 Å². The summed E-state index contributed by atoms with van der Waals surface area (Å²) in [6, 6.07) is -0.756. The second kappa shape index (κ2) is 35.8. The Morgan fingerprint density at radius 2 is 1.02 bits per heavy atom. The number of unbranched alkanes of at least 4 members (excludes halogenated alkanes) is 26. The summed E-state index contributed by atoms with van der Waals surface area (Å²) >= 11 is 0. The lowest BCUT2D eigenvalue weighted by Gasteiger charge is -2.17. The SMILES string of the molecule is CCCCCCCCCCCCCCCCOC(=O)CCC(CC(=O)C(N)Cc1cnc[nH]1)C(=O)OCCCCCCCCCCCCCCCC. The van der Waals surface area contributed by atoms with Gasteiger partial charge in [0.1, 0.15) is 0 Å². The van der Waals surface area contributed by atoms with Gasteiger partial charge < -0.3 is 20.2 Å². The summed E-state index contributed by atoms with van der Waals surface area (Å²) in [6.07, 6.45) is 39.4. The molecule has 8 heteroatoms. The first-order valence-corrected chi connectivity index (χ1v) is 22.1. The van der Waals surface area contributed by atoms with Crippen LogP contribution < -0.4 is 5.73 Å². The van der Waals surface area contributed by atoms with Gasteiger partial charge in [-0.1, -0.05) is 181 Å². The predicted molar refractivity (Wildman–Crippen MR) is 215 cm³/mol. The van der Waals surface area contributed by atoms with Crippen molar-refractivity contribution in [3.05, 3.63) is 18.2 Å². The molecule has 2 atom stereocenters. The molecule has 0 fully saturated rings. The Hall–Kier alpha value is -2.22. The van der Waals surface area contributed by atoms with Crippen molar-refractivity contribution >= 4 is 17.7 Å². The summed E-state index contributed by atoms with van der Waals surface area (Å²) in [5.74, 6) is -1.67. The van der Waals surface area contributed by atoms with E-state index in [-0.39, 0.29) is 31.0 Å². The zero-order valence-electron chi connectivity index (χ0n) is 33.9. The number of nitrogens with two attached hydrogens (primary N) is 1. The molecule has 8 nitrogen and oxygen atoms in total. The zero-order valence-corrected chi connectivity index (χ0v) is 33.9. The number of ketones is 1. The third kappa shape index (κ3) is 29.3. The zero-order chi connectivity index (χ0) is 37.7. The van der Waals surface area contributed by atoms with E-state index in [1.54, 1.807) is 12.5 Å². The summed E-state index contributed by atoms with van der Waals surface area (Å²) < 4.78 is 11.1. The highest BCUT2D eigenvalue weighted by atomic mass is 16.5. The highest BCUT2D eigenvalue weighted by molar-refractivity contribution is 5.88. The maximum Gasteiger partial charge on any atom is 0.309 e. The number of hydrogen-bond donors (Lipinski definition) is 2. The number of Topliss-reactive ketones (excluding diaryl/α,β-unsaturated/α-hetero) is 1. The van der Waals surface area contributed by atoms with Gasteiger partial charge in [0.25, 0.3) is 0 Å². The normalized spacial score (nSPS) is 12.5. The fourth-order valence-electron chi connectivity index (χ4n) is 6.88. The molecule has 3 N–H and O–H groups in total. The van der Waals surface area contributed by atoms with Crippen LogP contribution in [-0.4, -0.2) is 46.9 Å². The average Bonchev–Trinajstić information content (AvgIpc) is 3.66. The quantitative estimate of drug-likeness (QED) is 0.0510. The monoisotopic (exact) mass is 732 g/mol. The molecule has 0 aliphatic carbocycles. The van der Waals surface area contributed by atoms with Crippen LogP contribution in [0.25, 0.3) is 0 Å². The molecule has 0 aromatic carbocycles. The van der Waals surface area contributed by atoms with Crippen LogP contribution in [0.3, 0.4) is 0 Å². The van der Waals surface area contributed by atoms with Gasteiger partial charge in [0.15, 0.2) is 5.78 Å². The fourth-order valence-corrected chi connectivity index (χ4v) is 6.88. The Morgan fingerprint density at radius 1 is 0.615 bits per heavy atom. The van der Waals surface area contributed by atoms with Gasteiger partial charge in [0, 0.05) is 31.2 Å². The van der Waals surface area contributed by atoms with Crippen molar-refractivity contribution in [3.8, 4) is 0 Å². The Bertz CT molecular complexity index is 954. The smallest absolute Gasteiger partial charge is 0.309 e. The number of rotatable bonds is 39. The van der Waals surface area contributed by atoms with E-state index in [2.05, 4.69) is 23.8 Å². The fraction of sp³-hybridized carbons (Fsp3) is 0.864. The number of imidazole rings is 1. The Labute approximate surface area is 319 Å². The maximum absolute atomic E-state index is 13.1. The van der Waals surface area contributed by atoms with E-state index in [1.165, 1.54) is 148 Å². The average molecular weight is 732 g/mol. The summed E-state index contributed by atoms with van der Waals surface area (Å²) in [6.45, 7) is 5.27. The first-order chi connectivity index (χ1) is 25.5. The van der Waals surface area contributed by atoms with Gasteiger partial charge in [0.2, 0.25) is 0 Å². The number of ether oxygens (including phenoxy) is 2. The molecular formula is C44H81N3O5. The molecule has 2 unspecified atom stereocenters. The van der Waals surface area contributed by atoms with Crippen molar-refractivity contribution in [1.82, 2.24) is 9.97 Å². The van der Waals surface area contributed by atoms with E-state index < -0.39 is 17.9 Å². The molecular weight excluding hydrogens is 650 g/mol. The van der Waals surface area contributed by atoms with E-state index in [1.807, 2.05) is 0 Å².